The fraction of sp³-hybridized carbons (Fsp3) is 0.667. The third-order valence-corrected chi connectivity index (χ3v) is 6.50. The minimum absolute atomic E-state index is 0.0844. The largest absolute Gasteiger partial charge is 0.349 e. The average Bonchev–Trinajstić information content (AvgIpc) is 3.18. The van der Waals surface area contributed by atoms with Gasteiger partial charge in [0.25, 0.3) is 0 Å². The van der Waals surface area contributed by atoms with E-state index in [-0.39, 0.29) is 11.8 Å². The van der Waals surface area contributed by atoms with Crippen molar-refractivity contribution in [3.63, 3.8) is 0 Å². The lowest BCUT2D eigenvalue weighted by atomic mass is 10.1. The molecule has 2 N–H and O–H groups in total. The van der Waals surface area contributed by atoms with Gasteiger partial charge in [-0.3, -0.25) is 9.59 Å². The number of amides is 2. The molecule has 0 saturated carbocycles. The molecule has 23 heavy (non-hydrogen) atoms. The number of anilines is 1. The number of nitrogens with one attached hydrogen (secondary N) is 2. The smallest absolute Gasteiger partial charge is 0.243 e. The summed E-state index contributed by atoms with van der Waals surface area (Å²) in [6, 6.07) is -0.461. The van der Waals surface area contributed by atoms with E-state index in [0.29, 0.717) is 12.3 Å². The number of thioether (sulfide) groups is 1. The Bertz CT molecular complexity index is 596. The van der Waals surface area contributed by atoms with E-state index in [9.17, 15) is 9.59 Å². The molecule has 2 aliphatic heterocycles. The summed E-state index contributed by atoms with van der Waals surface area (Å²) in [5.74, 6) is 0.372. The molecule has 6 nitrogen and oxygen atoms in total. The first-order valence-electron chi connectivity index (χ1n) is 7.88. The maximum absolute atomic E-state index is 12.2. The van der Waals surface area contributed by atoms with E-state index < -0.39 is 10.8 Å². The van der Waals surface area contributed by atoms with Crippen LogP contribution in [0.4, 0.5) is 5.13 Å². The summed E-state index contributed by atoms with van der Waals surface area (Å²) in [5, 5.41) is 8.70. The molecule has 2 saturated heterocycles. The van der Waals surface area contributed by atoms with Crippen molar-refractivity contribution >= 4 is 40.0 Å². The number of nitrogens with zero attached hydrogens (tertiary/aromatic N) is 2. The standard InChI is InChI=1S/C15H22N4O2S2/c1-15(2)13(21)18-11(9-23-15)12(20)16-7-10-8-22-14(17-10)19-5-3-4-6-19/h8,11H,3-7,9H2,1-2H3,(H,16,20)(H,18,21)/t11-/m1/s1. The van der Waals surface area contributed by atoms with Gasteiger partial charge < -0.3 is 15.5 Å². The maximum Gasteiger partial charge on any atom is 0.243 e. The molecular formula is C15H22N4O2S2. The molecule has 2 fully saturated rings. The molecule has 1 atom stereocenters. The van der Waals surface area contributed by atoms with Crippen LogP contribution in [0.15, 0.2) is 5.38 Å². The predicted molar refractivity (Wildman–Crippen MR) is 93.9 cm³/mol. The zero-order valence-electron chi connectivity index (χ0n) is 13.4. The first-order chi connectivity index (χ1) is 11.0. The molecule has 0 aliphatic carbocycles. The second-order valence-electron chi connectivity index (χ2n) is 6.38. The molecule has 0 aromatic carbocycles. The van der Waals surface area contributed by atoms with E-state index in [0.717, 1.165) is 23.9 Å². The highest BCUT2D eigenvalue weighted by atomic mass is 32.2. The van der Waals surface area contributed by atoms with Gasteiger partial charge in [0, 0.05) is 24.2 Å². The van der Waals surface area contributed by atoms with Crippen LogP contribution < -0.4 is 15.5 Å². The highest BCUT2D eigenvalue weighted by molar-refractivity contribution is 8.01. The quantitative estimate of drug-likeness (QED) is 0.854. The molecule has 0 spiro atoms. The van der Waals surface area contributed by atoms with Crippen LogP contribution in [0, 0.1) is 0 Å². The van der Waals surface area contributed by atoms with E-state index >= 15 is 0 Å². The molecule has 8 heteroatoms. The molecule has 126 valence electrons. The lowest BCUT2D eigenvalue weighted by Gasteiger charge is -2.32. The molecule has 3 heterocycles. The van der Waals surface area contributed by atoms with Gasteiger partial charge in [-0.25, -0.2) is 4.98 Å². The van der Waals surface area contributed by atoms with Crippen LogP contribution >= 0.6 is 23.1 Å². The summed E-state index contributed by atoms with van der Waals surface area (Å²) in [7, 11) is 0. The Morgan fingerprint density at radius 2 is 2.22 bits per heavy atom. The number of thiazole rings is 1. The van der Waals surface area contributed by atoms with Gasteiger partial charge in [0.05, 0.1) is 17.0 Å². The second kappa shape index (κ2) is 6.68. The Kier molecular flexibility index (Phi) is 4.82. The van der Waals surface area contributed by atoms with Crippen molar-refractivity contribution in [2.45, 2.75) is 44.0 Å². The van der Waals surface area contributed by atoms with Gasteiger partial charge in [-0.1, -0.05) is 0 Å². The Balaban J connectivity index is 1.50. The van der Waals surface area contributed by atoms with Crippen molar-refractivity contribution in [2.75, 3.05) is 23.7 Å². The number of aromatic nitrogens is 1. The predicted octanol–water partition coefficient (Wildman–Crippen LogP) is 1.37. The lowest BCUT2D eigenvalue weighted by molar-refractivity contribution is -0.129. The highest BCUT2D eigenvalue weighted by Gasteiger charge is 2.37. The summed E-state index contributed by atoms with van der Waals surface area (Å²) in [6.07, 6.45) is 2.45. The maximum atomic E-state index is 12.2. The fourth-order valence-electron chi connectivity index (χ4n) is 2.60. The number of carbonyl (C=O) groups excluding carboxylic acids is 2. The van der Waals surface area contributed by atoms with Crippen molar-refractivity contribution in [1.82, 2.24) is 15.6 Å². The molecule has 0 bridgehead atoms. The van der Waals surface area contributed by atoms with Crippen LogP contribution in [-0.4, -0.2) is 46.4 Å². The van der Waals surface area contributed by atoms with Crippen LogP contribution in [0.25, 0.3) is 0 Å². The van der Waals surface area contributed by atoms with Crippen molar-refractivity contribution in [3.05, 3.63) is 11.1 Å². The Hall–Kier alpha value is -1.28. The first-order valence-corrected chi connectivity index (χ1v) is 9.74. The molecule has 0 radical (unpaired) electrons. The van der Waals surface area contributed by atoms with Crippen LogP contribution in [0.1, 0.15) is 32.4 Å². The van der Waals surface area contributed by atoms with Crippen LogP contribution in [-0.2, 0) is 16.1 Å². The van der Waals surface area contributed by atoms with E-state index in [2.05, 4.69) is 20.5 Å². The fourth-order valence-corrected chi connectivity index (χ4v) is 4.49. The highest BCUT2D eigenvalue weighted by Crippen LogP contribution is 2.29. The van der Waals surface area contributed by atoms with Gasteiger partial charge in [-0.05, 0) is 26.7 Å². The minimum Gasteiger partial charge on any atom is -0.349 e. The summed E-state index contributed by atoms with van der Waals surface area (Å²) in [6.45, 7) is 6.29. The first kappa shape index (κ1) is 16.6. The van der Waals surface area contributed by atoms with Gasteiger partial charge in [-0.15, -0.1) is 23.1 Å². The molecule has 1 aromatic heterocycles. The second-order valence-corrected chi connectivity index (χ2v) is 8.86. The van der Waals surface area contributed by atoms with Crippen molar-refractivity contribution < 1.29 is 9.59 Å². The van der Waals surface area contributed by atoms with Crippen molar-refractivity contribution in [3.8, 4) is 0 Å². The summed E-state index contributed by atoms with van der Waals surface area (Å²) in [4.78, 5) is 31.0. The van der Waals surface area contributed by atoms with Gasteiger partial charge in [0.1, 0.15) is 6.04 Å². The summed E-state index contributed by atoms with van der Waals surface area (Å²) < 4.78 is -0.462. The van der Waals surface area contributed by atoms with E-state index in [1.807, 2.05) is 19.2 Å². The number of rotatable bonds is 4. The third kappa shape index (κ3) is 3.80. The molecule has 1 aromatic rings. The topological polar surface area (TPSA) is 74.3 Å². The molecular weight excluding hydrogens is 332 g/mol. The van der Waals surface area contributed by atoms with Crippen molar-refractivity contribution in [2.24, 2.45) is 0 Å². The van der Waals surface area contributed by atoms with Crippen molar-refractivity contribution in [1.29, 1.82) is 0 Å². The van der Waals surface area contributed by atoms with E-state index in [1.165, 1.54) is 24.6 Å². The minimum atomic E-state index is -0.462. The summed E-state index contributed by atoms with van der Waals surface area (Å²) in [5.41, 5.74) is 0.875. The van der Waals surface area contributed by atoms with Gasteiger partial charge in [0.2, 0.25) is 11.8 Å². The number of hydrogen-bond acceptors (Lipinski definition) is 6. The van der Waals surface area contributed by atoms with E-state index in [4.69, 9.17) is 0 Å². The molecule has 2 aliphatic rings. The Morgan fingerprint density at radius 3 is 2.91 bits per heavy atom. The third-order valence-electron chi connectivity index (χ3n) is 4.14. The zero-order chi connectivity index (χ0) is 16.4. The normalized spacial score (nSPS) is 23.7. The molecule has 0 unspecified atom stereocenters. The molecule has 2 amide bonds. The zero-order valence-corrected chi connectivity index (χ0v) is 15.1. The lowest BCUT2D eigenvalue weighted by Crippen LogP contribution is -2.57. The van der Waals surface area contributed by atoms with Gasteiger partial charge in [-0.2, -0.15) is 0 Å². The van der Waals surface area contributed by atoms with Gasteiger partial charge in [0.15, 0.2) is 5.13 Å². The van der Waals surface area contributed by atoms with Crippen LogP contribution in [0.2, 0.25) is 0 Å². The Labute approximate surface area is 144 Å². The monoisotopic (exact) mass is 354 g/mol. The number of hydrogen-bond donors (Lipinski definition) is 2. The SMILES string of the molecule is CC1(C)SC[C@H](C(=O)NCc2csc(N3CCCC3)n2)NC1=O. The van der Waals surface area contributed by atoms with Gasteiger partial charge >= 0.3 is 0 Å². The molecule has 3 rings (SSSR count). The number of carbonyl (C=O) groups is 2. The average molecular weight is 355 g/mol. The van der Waals surface area contributed by atoms with Crippen LogP contribution in [0.3, 0.4) is 0 Å². The van der Waals surface area contributed by atoms with Crippen LogP contribution in [0.5, 0.6) is 0 Å². The summed E-state index contributed by atoms with van der Waals surface area (Å²) >= 11 is 3.14. The van der Waals surface area contributed by atoms with E-state index in [1.54, 1.807) is 11.3 Å². The Morgan fingerprint density at radius 1 is 1.48 bits per heavy atom.